The highest BCUT2D eigenvalue weighted by atomic mass is 32.2. The number of hydrogen-bond donors (Lipinski definition) is 2. The summed E-state index contributed by atoms with van der Waals surface area (Å²) >= 11 is 0. The Hall–Kier alpha value is -1.85. The highest BCUT2D eigenvalue weighted by molar-refractivity contribution is 7.89. The Morgan fingerprint density at radius 1 is 0.826 bits per heavy atom. The topological polar surface area (TPSA) is 66.4 Å². The lowest BCUT2D eigenvalue weighted by Gasteiger charge is -2.07. The zero-order valence-electron chi connectivity index (χ0n) is 13.1. The summed E-state index contributed by atoms with van der Waals surface area (Å²) in [6, 6.07) is 16.9. The Bertz CT molecular complexity index is 682. The van der Waals surface area contributed by atoms with Crippen LogP contribution in [0.5, 0.6) is 5.75 Å². The van der Waals surface area contributed by atoms with Gasteiger partial charge in [-0.1, -0.05) is 42.5 Å². The van der Waals surface area contributed by atoms with Gasteiger partial charge in [-0.25, -0.2) is 13.1 Å². The van der Waals surface area contributed by atoms with Crippen LogP contribution in [0.15, 0.2) is 54.6 Å². The van der Waals surface area contributed by atoms with Gasteiger partial charge in [-0.15, -0.1) is 0 Å². The molecule has 0 spiro atoms. The molecule has 2 aromatic rings. The first-order valence-electron chi connectivity index (χ1n) is 7.84. The van der Waals surface area contributed by atoms with E-state index in [9.17, 15) is 13.5 Å². The first-order valence-corrected chi connectivity index (χ1v) is 9.49. The van der Waals surface area contributed by atoms with Crippen LogP contribution in [0.25, 0.3) is 0 Å². The molecule has 0 saturated carbocycles. The number of phenolic OH excluding ortho intramolecular Hbond substituents is 1. The van der Waals surface area contributed by atoms with Gasteiger partial charge in [0.2, 0.25) is 10.0 Å². The minimum absolute atomic E-state index is 0.154. The summed E-state index contributed by atoms with van der Waals surface area (Å²) in [7, 11) is -3.20. The molecular formula is C18H23NO3S. The molecule has 5 heteroatoms. The number of benzene rings is 2. The number of phenols is 1. The van der Waals surface area contributed by atoms with Crippen molar-refractivity contribution in [1.29, 1.82) is 0 Å². The average molecular weight is 333 g/mol. The third-order valence-electron chi connectivity index (χ3n) is 3.62. The van der Waals surface area contributed by atoms with Gasteiger partial charge in [0.05, 0.1) is 5.75 Å². The summed E-state index contributed by atoms with van der Waals surface area (Å²) in [5.41, 5.74) is 2.25. The molecule has 0 aliphatic carbocycles. The predicted molar refractivity (Wildman–Crippen MR) is 93.0 cm³/mol. The van der Waals surface area contributed by atoms with Crippen LogP contribution < -0.4 is 4.72 Å². The van der Waals surface area contributed by atoms with Crippen LogP contribution in [0.3, 0.4) is 0 Å². The maximum absolute atomic E-state index is 11.9. The molecule has 0 radical (unpaired) electrons. The quantitative estimate of drug-likeness (QED) is 0.694. The number of nitrogens with one attached hydrogen (secondary N) is 1. The molecule has 0 heterocycles. The first-order chi connectivity index (χ1) is 11.1. The summed E-state index contributed by atoms with van der Waals surface area (Å²) in [6.07, 6.45) is 2.92. The minimum atomic E-state index is -3.20. The molecule has 0 unspecified atom stereocenters. The van der Waals surface area contributed by atoms with Crippen LogP contribution in [0, 0.1) is 0 Å². The molecule has 0 amide bonds. The van der Waals surface area contributed by atoms with Crippen LogP contribution in [0.2, 0.25) is 0 Å². The Morgan fingerprint density at radius 2 is 1.43 bits per heavy atom. The van der Waals surface area contributed by atoms with Crippen molar-refractivity contribution in [2.75, 3.05) is 12.3 Å². The van der Waals surface area contributed by atoms with Gasteiger partial charge in [0.15, 0.2) is 0 Å². The summed E-state index contributed by atoms with van der Waals surface area (Å²) in [5.74, 6) is 0.397. The number of aryl methyl sites for hydroxylation is 2. The fraction of sp³-hybridized carbons (Fsp3) is 0.333. The van der Waals surface area contributed by atoms with E-state index in [1.807, 2.05) is 42.5 Å². The lowest BCUT2D eigenvalue weighted by atomic mass is 10.1. The molecule has 0 atom stereocenters. The Morgan fingerprint density at radius 3 is 2.13 bits per heavy atom. The predicted octanol–water partition coefficient (Wildman–Crippen LogP) is 2.88. The van der Waals surface area contributed by atoms with Crippen molar-refractivity contribution in [1.82, 2.24) is 4.72 Å². The van der Waals surface area contributed by atoms with Gasteiger partial charge in [0, 0.05) is 6.54 Å². The Labute approximate surface area is 138 Å². The smallest absolute Gasteiger partial charge is 0.211 e. The van der Waals surface area contributed by atoms with Crippen molar-refractivity contribution in [3.63, 3.8) is 0 Å². The van der Waals surface area contributed by atoms with E-state index in [1.54, 1.807) is 12.1 Å². The molecule has 23 heavy (non-hydrogen) atoms. The molecular weight excluding hydrogens is 310 g/mol. The average Bonchev–Trinajstić information content (AvgIpc) is 2.54. The van der Waals surface area contributed by atoms with Gasteiger partial charge in [-0.05, 0) is 48.9 Å². The third-order valence-corrected chi connectivity index (χ3v) is 5.09. The molecule has 2 N–H and O–H groups in total. The van der Waals surface area contributed by atoms with Crippen LogP contribution in [0.1, 0.15) is 24.0 Å². The molecule has 4 nitrogen and oxygen atoms in total. The second-order valence-corrected chi connectivity index (χ2v) is 7.50. The third kappa shape index (κ3) is 6.84. The summed E-state index contributed by atoms with van der Waals surface area (Å²) in [5, 5.41) is 9.21. The van der Waals surface area contributed by atoms with Crippen LogP contribution in [-0.4, -0.2) is 25.8 Å². The van der Waals surface area contributed by atoms with Gasteiger partial charge in [0.25, 0.3) is 0 Å². The highest BCUT2D eigenvalue weighted by Gasteiger charge is 2.09. The number of aromatic hydroxyl groups is 1. The largest absolute Gasteiger partial charge is 0.508 e. The Kier molecular flexibility index (Phi) is 6.62. The number of hydrogen-bond acceptors (Lipinski definition) is 3. The molecule has 0 aromatic heterocycles. The van der Waals surface area contributed by atoms with Crippen molar-refractivity contribution in [3.05, 3.63) is 65.7 Å². The summed E-state index contributed by atoms with van der Waals surface area (Å²) in [4.78, 5) is 0. The van der Waals surface area contributed by atoms with Gasteiger partial charge in [0.1, 0.15) is 5.75 Å². The SMILES string of the molecule is O=S(=O)(CCCc1ccccc1)NCCCc1ccc(O)cc1. The fourth-order valence-corrected chi connectivity index (χ4v) is 3.49. The second-order valence-electron chi connectivity index (χ2n) is 5.57. The van der Waals surface area contributed by atoms with E-state index in [0.717, 1.165) is 30.4 Å². The van der Waals surface area contributed by atoms with Crippen molar-refractivity contribution in [2.24, 2.45) is 0 Å². The minimum Gasteiger partial charge on any atom is -0.508 e. The first kappa shape index (κ1) is 17.5. The second kappa shape index (κ2) is 8.70. The van der Waals surface area contributed by atoms with Crippen molar-refractivity contribution < 1.29 is 13.5 Å². The zero-order chi connectivity index (χ0) is 16.5. The van der Waals surface area contributed by atoms with E-state index < -0.39 is 10.0 Å². The van der Waals surface area contributed by atoms with E-state index in [2.05, 4.69) is 4.72 Å². The van der Waals surface area contributed by atoms with Gasteiger partial charge >= 0.3 is 0 Å². The monoisotopic (exact) mass is 333 g/mol. The summed E-state index contributed by atoms with van der Waals surface area (Å²) < 4.78 is 26.5. The Balaban J connectivity index is 1.64. The van der Waals surface area contributed by atoms with E-state index in [-0.39, 0.29) is 11.5 Å². The molecule has 0 saturated heterocycles. The van der Waals surface area contributed by atoms with Gasteiger partial charge in [-0.3, -0.25) is 0 Å². The molecule has 2 aromatic carbocycles. The van der Waals surface area contributed by atoms with Crippen LogP contribution >= 0.6 is 0 Å². The molecule has 124 valence electrons. The number of sulfonamides is 1. The van der Waals surface area contributed by atoms with Crippen molar-refractivity contribution >= 4 is 10.0 Å². The van der Waals surface area contributed by atoms with E-state index in [1.165, 1.54) is 0 Å². The van der Waals surface area contributed by atoms with Crippen molar-refractivity contribution in [2.45, 2.75) is 25.7 Å². The van der Waals surface area contributed by atoms with Gasteiger partial charge in [-0.2, -0.15) is 0 Å². The molecule has 0 aliphatic rings. The summed E-state index contributed by atoms with van der Waals surface area (Å²) in [6.45, 7) is 0.439. The molecule has 0 aliphatic heterocycles. The molecule has 0 fully saturated rings. The van der Waals surface area contributed by atoms with E-state index in [4.69, 9.17) is 0 Å². The van der Waals surface area contributed by atoms with Crippen LogP contribution in [0.4, 0.5) is 0 Å². The highest BCUT2D eigenvalue weighted by Crippen LogP contribution is 2.11. The van der Waals surface area contributed by atoms with E-state index >= 15 is 0 Å². The number of rotatable bonds is 9. The lowest BCUT2D eigenvalue weighted by Crippen LogP contribution is -2.27. The fourth-order valence-electron chi connectivity index (χ4n) is 2.37. The van der Waals surface area contributed by atoms with Crippen molar-refractivity contribution in [3.8, 4) is 5.75 Å². The van der Waals surface area contributed by atoms with Gasteiger partial charge < -0.3 is 5.11 Å². The standard InChI is InChI=1S/C18H23NO3S/c20-18-12-10-17(11-13-18)8-4-14-19-23(21,22)15-5-9-16-6-2-1-3-7-16/h1-3,6-7,10-13,19-20H,4-5,8-9,14-15H2. The maximum Gasteiger partial charge on any atom is 0.211 e. The van der Waals surface area contributed by atoms with Crippen LogP contribution in [-0.2, 0) is 22.9 Å². The molecule has 2 rings (SSSR count). The normalized spacial score (nSPS) is 11.5. The van der Waals surface area contributed by atoms with E-state index in [0.29, 0.717) is 13.0 Å². The molecule has 0 bridgehead atoms. The zero-order valence-corrected chi connectivity index (χ0v) is 13.9. The lowest BCUT2D eigenvalue weighted by molar-refractivity contribution is 0.475. The maximum atomic E-state index is 11.9.